The molecule has 0 aromatic carbocycles. The lowest BCUT2D eigenvalue weighted by Crippen LogP contribution is -2.33. The summed E-state index contributed by atoms with van der Waals surface area (Å²) in [5.41, 5.74) is -0.181. The highest BCUT2D eigenvalue weighted by Crippen LogP contribution is 2.26. The number of carbonyl (C=O) groups is 1. The van der Waals surface area contributed by atoms with E-state index in [1.54, 1.807) is 35.4 Å². The number of hydrogen-bond acceptors (Lipinski definition) is 3. The molecule has 2 aromatic heterocycles. The van der Waals surface area contributed by atoms with Crippen LogP contribution in [0.3, 0.4) is 0 Å². The Morgan fingerprint density at radius 2 is 2.11 bits per heavy atom. The molecule has 4 nitrogen and oxygen atoms in total. The molecule has 0 aliphatic carbocycles. The second-order valence-electron chi connectivity index (χ2n) is 4.45. The van der Waals surface area contributed by atoms with Crippen molar-refractivity contribution in [1.82, 2.24) is 9.88 Å². The van der Waals surface area contributed by atoms with Crippen molar-refractivity contribution in [3.05, 3.63) is 56.1 Å². The Bertz CT molecular complexity index is 645. The number of aryl methyl sites for hydroxylation is 1. The molecule has 19 heavy (non-hydrogen) atoms. The highest BCUT2D eigenvalue weighted by molar-refractivity contribution is 7.12. The number of rotatable bonds is 3. The van der Waals surface area contributed by atoms with Crippen LogP contribution in [0.25, 0.3) is 0 Å². The average Bonchev–Trinajstić information content (AvgIpc) is 2.83. The Labute approximate surface area is 115 Å². The highest BCUT2D eigenvalue weighted by atomic mass is 32.1. The molecule has 100 valence electrons. The lowest BCUT2D eigenvalue weighted by atomic mass is 10.2. The van der Waals surface area contributed by atoms with E-state index in [1.165, 1.54) is 11.1 Å². The quantitative estimate of drug-likeness (QED) is 0.936. The minimum atomic E-state index is -0.353. The van der Waals surface area contributed by atoms with E-state index in [2.05, 4.69) is 4.98 Å². The molecular weight excluding hydrogens is 260 g/mol. The maximum atomic E-state index is 12.3. The zero-order chi connectivity index (χ0) is 14.0. The smallest absolute Gasteiger partial charge is 0.260 e. The van der Waals surface area contributed by atoms with Gasteiger partial charge in [-0.05, 0) is 38.1 Å². The third-order valence-electron chi connectivity index (χ3n) is 3.12. The second-order valence-corrected chi connectivity index (χ2v) is 5.77. The molecule has 0 radical (unpaired) electrons. The molecule has 1 N–H and O–H groups in total. The summed E-state index contributed by atoms with van der Waals surface area (Å²) in [6.07, 6.45) is 1.52. The van der Waals surface area contributed by atoms with Gasteiger partial charge in [0, 0.05) is 23.0 Å². The first kappa shape index (κ1) is 13.5. The summed E-state index contributed by atoms with van der Waals surface area (Å²) in [5, 5.41) is 0. The van der Waals surface area contributed by atoms with Crippen LogP contribution in [0.2, 0.25) is 0 Å². The largest absolute Gasteiger partial charge is 0.334 e. The summed E-state index contributed by atoms with van der Waals surface area (Å²) in [4.78, 5) is 30.4. The minimum Gasteiger partial charge on any atom is -0.334 e. The van der Waals surface area contributed by atoms with E-state index in [-0.39, 0.29) is 23.1 Å². The number of aromatic nitrogens is 1. The van der Waals surface area contributed by atoms with E-state index in [4.69, 9.17) is 0 Å². The number of nitrogens with zero attached hydrogens (tertiary/aromatic N) is 1. The van der Waals surface area contributed by atoms with Crippen molar-refractivity contribution in [1.29, 1.82) is 0 Å². The first-order chi connectivity index (χ1) is 9.00. The van der Waals surface area contributed by atoms with E-state index in [9.17, 15) is 9.59 Å². The van der Waals surface area contributed by atoms with Crippen LogP contribution in [0, 0.1) is 6.92 Å². The minimum absolute atomic E-state index is 0.0502. The van der Waals surface area contributed by atoms with Gasteiger partial charge < -0.3 is 9.88 Å². The first-order valence-corrected chi connectivity index (χ1v) is 6.83. The first-order valence-electron chi connectivity index (χ1n) is 6.02. The topological polar surface area (TPSA) is 53.2 Å². The van der Waals surface area contributed by atoms with Gasteiger partial charge in [0.25, 0.3) is 11.5 Å². The standard InChI is InChI=1S/C14H16N2O2S/c1-9-6-7-12(19-9)10(2)16(3)14(18)11-5-4-8-15-13(11)17/h4-8,10H,1-3H3,(H,15,17)/t10-/m1/s1. The van der Waals surface area contributed by atoms with E-state index >= 15 is 0 Å². The SMILES string of the molecule is Cc1ccc([C@@H](C)N(C)C(=O)c2ccc[nH]c2=O)s1. The summed E-state index contributed by atoms with van der Waals surface area (Å²) in [5.74, 6) is -0.264. The van der Waals surface area contributed by atoms with Crippen molar-refractivity contribution in [3.8, 4) is 0 Å². The predicted molar refractivity (Wildman–Crippen MR) is 76.6 cm³/mol. The molecule has 0 saturated carbocycles. The third-order valence-corrected chi connectivity index (χ3v) is 4.29. The molecular formula is C14H16N2O2S. The highest BCUT2D eigenvalue weighted by Gasteiger charge is 2.21. The Kier molecular flexibility index (Phi) is 3.85. The number of thiophene rings is 1. The van der Waals surface area contributed by atoms with E-state index in [0.717, 1.165) is 4.88 Å². The second kappa shape index (κ2) is 5.40. The summed E-state index contributed by atoms with van der Waals surface area (Å²) in [6, 6.07) is 7.20. The zero-order valence-electron chi connectivity index (χ0n) is 11.1. The maximum Gasteiger partial charge on any atom is 0.260 e. The van der Waals surface area contributed by atoms with Gasteiger partial charge in [-0.1, -0.05) is 0 Å². The fourth-order valence-electron chi connectivity index (χ4n) is 1.82. The molecule has 1 amide bonds. The van der Waals surface area contributed by atoms with Crippen LogP contribution in [-0.4, -0.2) is 22.8 Å². The molecule has 0 unspecified atom stereocenters. The van der Waals surface area contributed by atoms with Crippen molar-refractivity contribution in [3.63, 3.8) is 0 Å². The van der Waals surface area contributed by atoms with Crippen LogP contribution in [0.15, 0.2) is 35.3 Å². The zero-order valence-corrected chi connectivity index (χ0v) is 12.0. The molecule has 0 aliphatic heterocycles. The van der Waals surface area contributed by atoms with Crippen LogP contribution in [0.1, 0.15) is 33.1 Å². The van der Waals surface area contributed by atoms with Crippen molar-refractivity contribution in [2.24, 2.45) is 0 Å². The van der Waals surface area contributed by atoms with Gasteiger partial charge in [0.05, 0.1) is 6.04 Å². The number of carbonyl (C=O) groups excluding carboxylic acids is 1. The molecule has 1 atom stereocenters. The van der Waals surface area contributed by atoms with Gasteiger partial charge in [0.15, 0.2) is 0 Å². The van der Waals surface area contributed by atoms with Crippen LogP contribution in [-0.2, 0) is 0 Å². The fourth-order valence-corrected chi connectivity index (χ4v) is 2.80. The molecule has 2 rings (SSSR count). The van der Waals surface area contributed by atoms with E-state index in [1.807, 2.05) is 26.0 Å². The number of pyridine rings is 1. The Morgan fingerprint density at radius 3 is 2.68 bits per heavy atom. The average molecular weight is 276 g/mol. The van der Waals surface area contributed by atoms with Gasteiger partial charge in [0.2, 0.25) is 0 Å². The van der Waals surface area contributed by atoms with Crippen molar-refractivity contribution < 1.29 is 4.79 Å². The van der Waals surface area contributed by atoms with Crippen molar-refractivity contribution in [2.75, 3.05) is 7.05 Å². The monoisotopic (exact) mass is 276 g/mol. The van der Waals surface area contributed by atoms with Gasteiger partial charge in [-0.2, -0.15) is 0 Å². The van der Waals surface area contributed by atoms with Crippen LogP contribution >= 0.6 is 11.3 Å². The molecule has 2 heterocycles. The number of nitrogens with one attached hydrogen (secondary N) is 1. The number of aromatic amines is 1. The summed E-state index contributed by atoms with van der Waals surface area (Å²) in [6.45, 7) is 3.99. The van der Waals surface area contributed by atoms with Gasteiger partial charge in [-0.25, -0.2) is 0 Å². The molecule has 0 aliphatic rings. The Hall–Kier alpha value is -1.88. The lowest BCUT2D eigenvalue weighted by Gasteiger charge is -2.23. The van der Waals surface area contributed by atoms with Gasteiger partial charge in [-0.3, -0.25) is 9.59 Å². The van der Waals surface area contributed by atoms with Crippen molar-refractivity contribution >= 4 is 17.2 Å². The van der Waals surface area contributed by atoms with Gasteiger partial charge >= 0.3 is 0 Å². The lowest BCUT2D eigenvalue weighted by molar-refractivity contribution is 0.0743. The van der Waals surface area contributed by atoms with Crippen molar-refractivity contribution in [2.45, 2.75) is 19.9 Å². The predicted octanol–water partition coefficient (Wildman–Crippen LogP) is 2.58. The Balaban J connectivity index is 2.25. The summed E-state index contributed by atoms with van der Waals surface area (Å²) < 4.78 is 0. The van der Waals surface area contributed by atoms with Crippen LogP contribution in [0.5, 0.6) is 0 Å². The molecule has 0 saturated heterocycles. The molecule has 0 fully saturated rings. The van der Waals surface area contributed by atoms with Crippen LogP contribution in [0.4, 0.5) is 0 Å². The molecule has 0 spiro atoms. The van der Waals surface area contributed by atoms with Gasteiger partial charge in [0.1, 0.15) is 5.56 Å². The summed E-state index contributed by atoms with van der Waals surface area (Å²) >= 11 is 1.66. The number of H-pyrrole nitrogens is 1. The molecule has 5 heteroatoms. The maximum absolute atomic E-state index is 12.3. The van der Waals surface area contributed by atoms with E-state index in [0.29, 0.717) is 0 Å². The Morgan fingerprint density at radius 1 is 1.37 bits per heavy atom. The van der Waals surface area contributed by atoms with Crippen LogP contribution < -0.4 is 5.56 Å². The molecule has 0 bridgehead atoms. The third kappa shape index (κ3) is 2.76. The normalized spacial score (nSPS) is 12.2. The molecule has 2 aromatic rings. The number of hydrogen-bond donors (Lipinski definition) is 1. The number of amides is 1. The van der Waals surface area contributed by atoms with Gasteiger partial charge in [-0.15, -0.1) is 11.3 Å². The van der Waals surface area contributed by atoms with E-state index < -0.39 is 0 Å². The summed E-state index contributed by atoms with van der Waals surface area (Å²) in [7, 11) is 1.72. The fraction of sp³-hybridized carbons (Fsp3) is 0.286.